The van der Waals surface area contributed by atoms with Crippen LogP contribution in [-0.4, -0.2) is 32.0 Å². The van der Waals surface area contributed by atoms with Crippen LogP contribution < -0.4 is 5.73 Å². The Hall–Kier alpha value is -0.120. The first-order valence-corrected chi connectivity index (χ1v) is 5.89. The summed E-state index contributed by atoms with van der Waals surface area (Å²) >= 11 is 0. The Labute approximate surface area is 93.3 Å². The van der Waals surface area contributed by atoms with Crippen molar-refractivity contribution in [2.24, 2.45) is 11.1 Å². The Morgan fingerprint density at radius 3 is 2.33 bits per heavy atom. The minimum Gasteiger partial charge on any atom is -0.381 e. The van der Waals surface area contributed by atoms with Gasteiger partial charge in [-0.3, -0.25) is 0 Å². The summed E-state index contributed by atoms with van der Waals surface area (Å²) in [5.41, 5.74) is 6.03. The van der Waals surface area contributed by atoms with Crippen LogP contribution in [0.25, 0.3) is 0 Å². The van der Waals surface area contributed by atoms with E-state index >= 15 is 0 Å². The molecule has 90 valence electrons. The van der Waals surface area contributed by atoms with E-state index in [1.54, 1.807) is 0 Å². The molecule has 3 nitrogen and oxygen atoms in total. The minimum atomic E-state index is -0.108. The number of hydrogen-bond acceptors (Lipinski definition) is 3. The Bertz CT molecular complexity index is 181. The van der Waals surface area contributed by atoms with Crippen LogP contribution in [0, 0.1) is 5.41 Å². The van der Waals surface area contributed by atoms with Gasteiger partial charge in [-0.15, -0.1) is 0 Å². The lowest BCUT2D eigenvalue weighted by atomic mass is 9.91. The molecule has 1 saturated heterocycles. The Kier molecular flexibility index (Phi) is 4.56. The van der Waals surface area contributed by atoms with E-state index in [2.05, 4.69) is 20.8 Å². The highest BCUT2D eigenvalue weighted by atomic mass is 16.5. The number of rotatable bonds is 4. The van der Waals surface area contributed by atoms with Crippen molar-refractivity contribution in [2.75, 3.05) is 26.4 Å². The molecule has 1 rings (SSSR count). The summed E-state index contributed by atoms with van der Waals surface area (Å²) in [6, 6.07) is 0. The van der Waals surface area contributed by atoms with Crippen LogP contribution in [0.3, 0.4) is 0 Å². The van der Waals surface area contributed by atoms with Crippen LogP contribution in [0.2, 0.25) is 0 Å². The van der Waals surface area contributed by atoms with Crippen molar-refractivity contribution in [1.82, 2.24) is 0 Å². The molecule has 0 aromatic heterocycles. The molecule has 0 aliphatic carbocycles. The van der Waals surface area contributed by atoms with Gasteiger partial charge in [0.25, 0.3) is 0 Å². The standard InChI is InChI=1S/C12H25NO2/c1-11(2,3)4-9-15-12(10-13)5-7-14-8-6-12/h4-10,13H2,1-3H3. The zero-order valence-electron chi connectivity index (χ0n) is 10.3. The summed E-state index contributed by atoms with van der Waals surface area (Å²) in [5.74, 6) is 0. The van der Waals surface area contributed by atoms with Gasteiger partial charge in [-0.1, -0.05) is 20.8 Å². The van der Waals surface area contributed by atoms with Gasteiger partial charge in [0.15, 0.2) is 0 Å². The van der Waals surface area contributed by atoms with Crippen molar-refractivity contribution in [3.05, 3.63) is 0 Å². The molecule has 0 spiro atoms. The second-order valence-electron chi connectivity index (χ2n) is 5.66. The first kappa shape index (κ1) is 12.9. The second-order valence-corrected chi connectivity index (χ2v) is 5.66. The van der Waals surface area contributed by atoms with Gasteiger partial charge in [-0.05, 0) is 11.8 Å². The van der Waals surface area contributed by atoms with Crippen LogP contribution in [0.15, 0.2) is 0 Å². The Morgan fingerprint density at radius 1 is 1.27 bits per heavy atom. The molecule has 0 amide bonds. The molecule has 0 radical (unpaired) electrons. The number of ether oxygens (including phenoxy) is 2. The van der Waals surface area contributed by atoms with E-state index < -0.39 is 0 Å². The molecule has 2 N–H and O–H groups in total. The predicted molar refractivity (Wildman–Crippen MR) is 61.9 cm³/mol. The van der Waals surface area contributed by atoms with E-state index in [0.717, 1.165) is 39.1 Å². The molecule has 0 atom stereocenters. The molecule has 1 fully saturated rings. The molecule has 1 aliphatic heterocycles. The van der Waals surface area contributed by atoms with E-state index in [0.29, 0.717) is 12.0 Å². The van der Waals surface area contributed by atoms with Gasteiger partial charge in [0.05, 0.1) is 5.60 Å². The summed E-state index contributed by atoms with van der Waals surface area (Å²) in [4.78, 5) is 0. The minimum absolute atomic E-state index is 0.108. The summed E-state index contributed by atoms with van der Waals surface area (Å²) in [5, 5.41) is 0. The molecule has 0 aromatic rings. The van der Waals surface area contributed by atoms with Crippen molar-refractivity contribution in [1.29, 1.82) is 0 Å². The summed E-state index contributed by atoms with van der Waals surface area (Å²) in [7, 11) is 0. The zero-order chi connectivity index (χ0) is 11.4. The van der Waals surface area contributed by atoms with Crippen LogP contribution in [0.5, 0.6) is 0 Å². The lowest BCUT2D eigenvalue weighted by Crippen LogP contribution is -2.46. The molecule has 15 heavy (non-hydrogen) atoms. The summed E-state index contributed by atoms with van der Waals surface area (Å²) in [6.07, 6.45) is 2.96. The van der Waals surface area contributed by atoms with Crippen molar-refractivity contribution in [2.45, 2.75) is 45.6 Å². The van der Waals surface area contributed by atoms with E-state index in [1.807, 2.05) is 0 Å². The van der Waals surface area contributed by atoms with Crippen molar-refractivity contribution in [3.8, 4) is 0 Å². The highest BCUT2D eigenvalue weighted by Gasteiger charge is 2.32. The quantitative estimate of drug-likeness (QED) is 0.779. The van der Waals surface area contributed by atoms with E-state index in [4.69, 9.17) is 15.2 Å². The molecule has 0 unspecified atom stereocenters. The lowest BCUT2D eigenvalue weighted by Gasteiger charge is -2.36. The van der Waals surface area contributed by atoms with Crippen LogP contribution in [0.1, 0.15) is 40.0 Å². The molecule has 1 heterocycles. The van der Waals surface area contributed by atoms with E-state index in [-0.39, 0.29) is 5.60 Å². The third-order valence-electron chi connectivity index (χ3n) is 3.04. The Morgan fingerprint density at radius 2 is 1.87 bits per heavy atom. The smallest absolute Gasteiger partial charge is 0.0847 e. The molecule has 1 aliphatic rings. The van der Waals surface area contributed by atoms with Crippen molar-refractivity contribution in [3.63, 3.8) is 0 Å². The lowest BCUT2D eigenvalue weighted by molar-refractivity contribution is -0.109. The van der Waals surface area contributed by atoms with E-state index in [1.165, 1.54) is 0 Å². The van der Waals surface area contributed by atoms with Gasteiger partial charge in [-0.25, -0.2) is 0 Å². The van der Waals surface area contributed by atoms with Gasteiger partial charge in [-0.2, -0.15) is 0 Å². The maximum Gasteiger partial charge on any atom is 0.0847 e. The van der Waals surface area contributed by atoms with E-state index in [9.17, 15) is 0 Å². The normalized spacial score (nSPS) is 21.6. The molecule has 0 saturated carbocycles. The Balaban J connectivity index is 2.33. The van der Waals surface area contributed by atoms with Gasteiger partial charge < -0.3 is 15.2 Å². The van der Waals surface area contributed by atoms with Crippen LogP contribution in [0.4, 0.5) is 0 Å². The average molecular weight is 215 g/mol. The molecule has 3 heteroatoms. The maximum absolute atomic E-state index is 5.99. The maximum atomic E-state index is 5.99. The third kappa shape index (κ3) is 4.49. The van der Waals surface area contributed by atoms with Crippen molar-refractivity contribution < 1.29 is 9.47 Å². The third-order valence-corrected chi connectivity index (χ3v) is 3.04. The fourth-order valence-corrected chi connectivity index (χ4v) is 1.72. The van der Waals surface area contributed by atoms with Crippen LogP contribution in [-0.2, 0) is 9.47 Å². The first-order valence-electron chi connectivity index (χ1n) is 5.89. The molecule has 0 aromatic carbocycles. The highest BCUT2D eigenvalue weighted by molar-refractivity contribution is 4.84. The highest BCUT2D eigenvalue weighted by Crippen LogP contribution is 2.26. The average Bonchev–Trinajstić information content (AvgIpc) is 2.17. The molecular weight excluding hydrogens is 190 g/mol. The molecular formula is C12H25NO2. The summed E-state index contributed by atoms with van der Waals surface area (Å²) < 4.78 is 11.3. The van der Waals surface area contributed by atoms with Gasteiger partial charge in [0.1, 0.15) is 0 Å². The zero-order valence-corrected chi connectivity index (χ0v) is 10.3. The topological polar surface area (TPSA) is 44.5 Å². The van der Waals surface area contributed by atoms with Gasteiger partial charge in [0.2, 0.25) is 0 Å². The largest absolute Gasteiger partial charge is 0.381 e. The SMILES string of the molecule is CC(C)(C)CCOC1(CN)CCOCC1. The fourth-order valence-electron chi connectivity index (χ4n) is 1.72. The second kappa shape index (κ2) is 5.28. The monoisotopic (exact) mass is 215 g/mol. The van der Waals surface area contributed by atoms with Crippen LogP contribution >= 0.6 is 0 Å². The molecule has 0 bridgehead atoms. The predicted octanol–water partition coefficient (Wildman–Crippen LogP) is 1.95. The number of hydrogen-bond donors (Lipinski definition) is 1. The number of nitrogens with two attached hydrogens (primary N) is 1. The summed E-state index contributed by atoms with van der Waals surface area (Å²) in [6.45, 7) is 9.68. The van der Waals surface area contributed by atoms with Gasteiger partial charge >= 0.3 is 0 Å². The fraction of sp³-hybridized carbons (Fsp3) is 1.00. The van der Waals surface area contributed by atoms with Gasteiger partial charge in [0, 0.05) is 39.2 Å². The first-order chi connectivity index (χ1) is 6.97. The van der Waals surface area contributed by atoms with Crippen molar-refractivity contribution >= 4 is 0 Å².